The first-order valence-corrected chi connectivity index (χ1v) is 13.2. The van der Waals surface area contributed by atoms with E-state index in [1.54, 1.807) is 19.9 Å². The van der Waals surface area contributed by atoms with Gasteiger partial charge in [0, 0.05) is 0 Å². The molecule has 1 aliphatic heterocycles. The van der Waals surface area contributed by atoms with E-state index in [2.05, 4.69) is 50.2 Å². The molecule has 0 atom stereocenters. The highest BCUT2D eigenvalue weighted by Crippen LogP contribution is 2.41. The zero-order valence-corrected chi connectivity index (χ0v) is 23.5. The number of rotatable bonds is 8. The van der Waals surface area contributed by atoms with Crippen molar-refractivity contribution in [1.82, 2.24) is 0 Å². The number of aliphatic imine (C=N–C) groups is 1. The van der Waals surface area contributed by atoms with E-state index in [4.69, 9.17) is 14.2 Å². The fourth-order valence-corrected chi connectivity index (χ4v) is 6.06. The molecule has 0 saturated heterocycles. The number of nitrogens with zero attached hydrogens (tertiary/aromatic N) is 1. The van der Waals surface area contributed by atoms with E-state index in [1.807, 2.05) is 42.5 Å². The second-order valence-corrected chi connectivity index (χ2v) is 10.1. The third-order valence-electron chi connectivity index (χ3n) is 4.32. The largest absolute Gasteiger partial charge is 0.506 e. The van der Waals surface area contributed by atoms with Crippen LogP contribution < -0.4 is 4.74 Å². The molecule has 0 bridgehead atoms. The van der Waals surface area contributed by atoms with Crippen molar-refractivity contribution >= 4 is 85.7 Å². The van der Waals surface area contributed by atoms with Gasteiger partial charge >= 0.3 is 11.9 Å². The van der Waals surface area contributed by atoms with Gasteiger partial charge in [0.05, 0.1) is 30.9 Å². The standard InChI is InChI=1S/C24H21I2NO6S/c1-3-31-19(28)13-33-22-16(25)10-14(11-17(22)26)12-18-21(29)20(24(30)32-4-2)23(34-18)27-15-8-6-5-7-9-15/h5-12,29H,3-4,13H2,1-2H3/b18-12-,27-23?. The summed E-state index contributed by atoms with van der Waals surface area (Å²) in [7, 11) is 0. The first-order chi connectivity index (χ1) is 16.3. The lowest BCUT2D eigenvalue weighted by Crippen LogP contribution is -2.15. The summed E-state index contributed by atoms with van der Waals surface area (Å²) in [6.45, 7) is 3.74. The Morgan fingerprint density at radius 1 is 1.06 bits per heavy atom. The van der Waals surface area contributed by atoms with Gasteiger partial charge in [0.25, 0.3) is 0 Å². The number of thioether (sulfide) groups is 1. The van der Waals surface area contributed by atoms with E-state index in [0.717, 1.165) is 12.7 Å². The summed E-state index contributed by atoms with van der Waals surface area (Å²) in [5.74, 6) is -0.661. The van der Waals surface area contributed by atoms with Gasteiger partial charge in [-0.3, -0.25) is 0 Å². The minimum absolute atomic E-state index is 0.0423. The van der Waals surface area contributed by atoms with Gasteiger partial charge in [0.2, 0.25) is 0 Å². The van der Waals surface area contributed by atoms with Crippen LogP contribution in [0.15, 0.2) is 63.7 Å². The quantitative estimate of drug-likeness (QED) is 0.265. The molecular formula is C24H21I2NO6S. The van der Waals surface area contributed by atoms with Crippen LogP contribution in [0.1, 0.15) is 19.4 Å². The molecule has 2 aromatic rings. The average Bonchev–Trinajstić information content (AvgIpc) is 3.08. The maximum absolute atomic E-state index is 12.6. The Morgan fingerprint density at radius 3 is 2.32 bits per heavy atom. The van der Waals surface area contributed by atoms with Gasteiger partial charge in [0.1, 0.15) is 22.1 Å². The van der Waals surface area contributed by atoms with E-state index in [1.165, 1.54) is 11.8 Å². The summed E-state index contributed by atoms with van der Waals surface area (Å²) in [6, 6.07) is 12.9. The number of ether oxygens (including phenoxy) is 3. The predicted molar refractivity (Wildman–Crippen MR) is 149 cm³/mol. The molecule has 0 fully saturated rings. The normalized spacial score (nSPS) is 15.6. The highest BCUT2D eigenvalue weighted by atomic mass is 127. The molecule has 7 nitrogen and oxygen atoms in total. The molecule has 0 unspecified atom stereocenters. The summed E-state index contributed by atoms with van der Waals surface area (Å²) in [6.07, 6.45) is 1.77. The number of hydrogen-bond donors (Lipinski definition) is 1. The van der Waals surface area contributed by atoms with Gasteiger partial charge in [-0.25, -0.2) is 14.6 Å². The second kappa shape index (κ2) is 12.6. The van der Waals surface area contributed by atoms with Crippen LogP contribution in [-0.4, -0.2) is 41.9 Å². The number of hydrogen-bond acceptors (Lipinski definition) is 8. The predicted octanol–water partition coefficient (Wildman–Crippen LogP) is 6.03. The summed E-state index contributed by atoms with van der Waals surface area (Å²) in [5.41, 5.74) is 1.49. The fraction of sp³-hybridized carbons (Fsp3) is 0.208. The Morgan fingerprint density at radius 2 is 1.71 bits per heavy atom. The van der Waals surface area contributed by atoms with Crippen molar-refractivity contribution in [3.63, 3.8) is 0 Å². The van der Waals surface area contributed by atoms with Crippen LogP contribution >= 0.6 is 56.9 Å². The van der Waals surface area contributed by atoms with Crippen LogP contribution in [0.25, 0.3) is 6.08 Å². The SMILES string of the molecule is CCOC(=O)COc1c(I)cc(/C=C2\SC(=Nc3ccccc3)C(C(=O)OCC)=C2O)cc1I. The highest BCUT2D eigenvalue weighted by Gasteiger charge is 2.33. The minimum atomic E-state index is -0.627. The van der Waals surface area contributed by atoms with Gasteiger partial charge in [-0.05, 0) is 94.9 Å². The number of benzene rings is 2. The first kappa shape index (κ1) is 26.5. The first-order valence-electron chi connectivity index (χ1n) is 10.3. The molecule has 1 N–H and O–H groups in total. The second-order valence-electron chi connectivity index (χ2n) is 6.71. The molecule has 2 aromatic carbocycles. The fourth-order valence-electron chi connectivity index (χ4n) is 2.90. The van der Waals surface area contributed by atoms with Crippen molar-refractivity contribution in [1.29, 1.82) is 0 Å². The minimum Gasteiger partial charge on any atom is -0.506 e. The lowest BCUT2D eigenvalue weighted by molar-refractivity contribution is -0.145. The van der Waals surface area contributed by atoms with Crippen molar-refractivity contribution in [3.8, 4) is 5.75 Å². The molecule has 0 saturated carbocycles. The molecule has 0 aliphatic carbocycles. The molecule has 1 heterocycles. The molecule has 178 valence electrons. The van der Waals surface area contributed by atoms with Crippen molar-refractivity contribution < 1.29 is 28.9 Å². The molecular weight excluding hydrogens is 684 g/mol. The number of esters is 2. The number of carbonyl (C=O) groups is 2. The van der Waals surface area contributed by atoms with Gasteiger partial charge in [-0.2, -0.15) is 0 Å². The smallest absolute Gasteiger partial charge is 0.344 e. The Hall–Kier alpha value is -2.06. The number of halogens is 2. The lowest BCUT2D eigenvalue weighted by Gasteiger charge is -2.11. The number of aliphatic hydroxyl groups is 1. The van der Waals surface area contributed by atoms with Crippen LogP contribution in [0.3, 0.4) is 0 Å². The molecule has 10 heteroatoms. The highest BCUT2D eigenvalue weighted by molar-refractivity contribution is 14.1. The summed E-state index contributed by atoms with van der Waals surface area (Å²) >= 11 is 5.45. The Kier molecular flexibility index (Phi) is 9.83. The third-order valence-corrected chi connectivity index (χ3v) is 6.94. The summed E-state index contributed by atoms with van der Waals surface area (Å²) in [5, 5.41) is 11.2. The Labute approximate surface area is 228 Å². The molecule has 0 spiro atoms. The summed E-state index contributed by atoms with van der Waals surface area (Å²) in [4.78, 5) is 29.2. The zero-order chi connectivity index (χ0) is 24.7. The lowest BCUT2D eigenvalue weighted by atomic mass is 10.1. The third kappa shape index (κ3) is 6.75. The van der Waals surface area contributed by atoms with E-state index in [9.17, 15) is 14.7 Å². The van der Waals surface area contributed by atoms with Gasteiger partial charge in [0.15, 0.2) is 6.61 Å². The molecule has 0 radical (unpaired) electrons. The molecule has 0 amide bonds. The maximum Gasteiger partial charge on any atom is 0.344 e. The van der Waals surface area contributed by atoms with Crippen LogP contribution in [-0.2, 0) is 19.1 Å². The maximum atomic E-state index is 12.6. The van der Waals surface area contributed by atoms with E-state index < -0.39 is 11.9 Å². The van der Waals surface area contributed by atoms with Crippen LogP contribution in [0, 0.1) is 7.14 Å². The van der Waals surface area contributed by atoms with Crippen LogP contribution in [0.4, 0.5) is 5.69 Å². The molecule has 3 rings (SSSR count). The number of aliphatic hydroxyl groups excluding tert-OH is 1. The average molecular weight is 705 g/mol. The van der Waals surface area contributed by atoms with Crippen molar-refractivity contribution in [3.05, 3.63) is 71.4 Å². The molecule has 0 aromatic heterocycles. The molecule has 1 aliphatic rings. The Bertz CT molecular complexity index is 1150. The number of carbonyl (C=O) groups excluding carboxylic acids is 2. The van der Waals surface area contributed by atoms with E-state index in [-0.39, 0.29) is 24.5 Å². The monoisotopic (exact) mass is 705 g/mol. The number of para-hydroxylation sites is 1. The van der Waals surface area contributed by atoms with Gasteiger partial charge in [-0.1, -0.05) is 30.0 Å². The van der Waals surface area contributed by atoms with E-state index >= 15 is 0 Å². The van der Waals surface area contributed by atoms with Gasteiger partial charge in [-0.15, -0.1) is 0 Å². The zero-order valence-electron chi connectivity index (χ0n) is 18.3. The van der Waals surface area contributed by atoms with E-state index in [0.29, 0.717) is 28.0 Å². The molecule has 34 heavy (non-hydrogen) atoms. The van der Waals surface area contributed by atoms with Crippen molar-refractivity contribution in [2.45, 2.75) is 13.8 Å². The van der Waals surface area contributed by atoms with Crippen LogP contribution in [0.2, 0.25) is 0 Å². The topological polar surface area (TPSA) is 94.4 Å². The Balaban J connectivity index is 1.93. The van der Waals surface area contributed by atoms with Crippen molar-refractivity contribution in [2.24, 2.45) is 4.99 Å². The van der Waals surface area contributed by atoms with Crippen molar-refractivity contribution in [2.75, 3.05) is 19.8 Å². The van der Waals surface area contributed by atoms with Crippen LogP contribution in [0.5, 0.6) is 5.75 Å². The van der Waals surface area contributed by atoms with Gasteiger partial charge < -0.3 is 19.3 Å². The summed E-state index contributed by atoms with van der Waals surface area (Å²) < 4.78 is 17.3.